The number of hydrogen-bond acceptors (Lipinski definition) is 8. The lowest BCUT2D eigenvalue weighted by Crippen LogP contribution is -2.14. The Morgan fingerprint density at radius 2 is 0.930 bits per heavy atom. The molecule has 7 aromatic rings. The van der Waals surface area contributed by atoms with Gasteiger partial charge >= 0.3 is 0 Å². The van der Waals surface area contributed by atoms with E-state index in [1.54, 1.807) is 42.7 Å². The van der Waals surface area contributed by atoms with E-state index in [0.29, 0.717) is 64.9 Å². The van der Waals surface area contributed by atoms with Gasteiger partial charge in [0.25, 0.3) is 0 Å². The monoisotopic (exact) mass is 835 g/mol. The second kappa shape index (κ2) is 14.0. The molecule has 6 bridgehead atoms. The van der Waals surface area contributed by atoms with Gasteiger partial charge in [0, 0.05) is 81.0 Å². The van der Waals surface area contributed by atoms with Crippen LogP contribution in [-0.2, 0) is 30.1 Å². The third-order valence-electron chi connectivity index (χ3n) is 11.3. The summed E-state index contributed by atoms with van der Waals surface area (Å²) in [5.74, 6) is 5.60. The van der Waals surface area contributed by atoms with Crippen LogP contribution < -0.4 is 28.4 Å². The van der Waals surface area contributed by atoms with Gasteiger partial charge in [0.15, 0.2) is 0 Å². The lowest BCUT2D eigenvalue weighted by atomic mass is 9.81. The molecule has 9 nitrogen and oxygen atoms in total. The molecule has 3 aromatic heterocycles. The van der Waals surface area contributed by atoms with Crippen LogP contribution in [0.1, 0.15) is 86.6 Å². The normalized spacial score (nSPS) is 13.1. The molecule has 4 heterocycles. The Bertz CT molecular complexity index is 2690. The summed E-state index contributed by atoms with van der Waals surface area (Å²) in [6.45, 7) is 13.2. The molecule has 0 saturated heterocycles. The molecule has 10 heteroatoms. The molecule has 0 aliphatic carbocycles. The first-order chi connectivity index (χ1) is 27.2. The Hall–Kier alpha value is -5.22. The van der Waals surface area contributed by atoms with Crippen molar-refractivity contribution >= 4 is 48.8 Å². The number of furan rings is 2. The topological polar surface area (TPSA) is 97.5 Å². The van der Waals surface area contributed by atoms with Crippen LogP contribution in [-0.4, -0.2) is 47.6 Å². The highest BCUT2D eigenvalue weighted by atomic mass is 79.9. The van der Waals surface area contributed by atoms with E-state index in [1.165, 1.54) is 0 Å². The molecule has 4 aromatic carbocycles. The Labute approximate surface area is 341 Å². The Kier molecular flexibility index (Phi) is 9.50. The number of methoxy groups -OCH3 is 6. The van der Waals surface area contributed by atoms with Crippen molar-refractivity contribution in [1.82, 2.24) is 4.98 Å². The molecule has 0 atom stereocenters. The standard InChI is InChI=1S/C47H50BrNO8/c1-46(2,3)41-35-18-25-29(50-7)20-32(53-10)38-37(23-13-15-24(48)16-14-23)28(49-43(25)38)17-26-30(51-8)21-33(54-11)39-42(47(4,5)6)36(57-44(26)39)19-27-31(52-9)22-34(55-12)40(41)45(27)56-35/h13-16,20-22,49H,17-19H2,1-12H3. The number of aromatic amines is 1. The molecular formula is C47H50BrNO8. The van der Waals surface area contributed by atoms with Crippen molar-refractivity contribution in [2.75, 3.05) is 42.7 Å². The summed E-state index contributed by atoms with van der Waals surface area (Å²) in [6.07, 6.45) is 1.25. The number of rotatable bonds is 7. The number of hydrogen-bond donors (Lipinski definition) is 1. The van der Waals surface area contributed by atoms with Crippen molar-refractivity contribution < 1.29 is 37.3 Å². The van der Waals surface area contributed by atoms with Crippen LogP contribution in [0.2, 0.25) is 0 Å². The highest BCUT2D eigenvalue weighted by molar-refractivity contribution is 9.10. The van der Waals surface area contributed by atoms with E-state index in [0.717, 1.165) is 82.3 Å². The largest absolute Gasteiger partial charge is 0.496 e. The van der Waals surface area contributed by atoms with Gasteiger partial charge in [-0.2, -0.15) is 0 Å². The second-order valence-electron chi connectivity index (χ2n) is 16.8. The predicted molar refractivity (Wildman–Crippen MR) is 229 cm³/mol. The molecule has 1 aliphatic rings. The van der Waals surface area contributed by atoms with Gasteiger partial charge in [-0.05, 0) is 28.5 Å². The van der Waals surface area contributed by atoms with E-state index >= 15 is 0 Å². The average Bonchev–Trinajstić information content (AvgIpc) is 3.87. The molecule has 0 saturated carbocycles. The fraction of sp³-hybridized carbons (Fsp3) is 0.362. The van der Waals surface area contributed by atoms with E-state index in [9.17, 15) is 0 Å². The maximum absolute atomic E-state index is 7.20. The van der Waals surface area contributed by atoms with Crippen molar-refractivity contribution in [3.63, 3.8) is 0 Å². The van der Waals surface area contributed by atoms with E-state index in [2.05, 4.69) is 86.7 Å². The summed E-state index contributed by atoms with van der Waals surface area (Å²) in [6, 6.07) is 14.3. The van der Waals surface area contributed by atoms with E-state index in [4.69, 9.17) is 37.3 Å². The zero-order valence-corrected chi connectivity index (χ0v) is 36.4. The molecule has 1 N–H and O–H groups in total. The molecule has 0 radical (unpaired) electrons. The number of fused-ring (bicyclic) bond motifs is 3. The number of ether oxygens (including phenoxy) is 6. The molecular weight excluding hydrogens is 786 g/mol. The first-order valence-corrected chi connectivity index (χ1v) is 19.9. The highest BCUT2D eigenvalue weighted by Gasteiger charge is 2.36. The number of aromatic nitrogens is 1. The van der Waals surface area contributed by atoms with Gasteiger partial charge in [0.2, 0.25) is 0 Å². The molecule has 298 valence electrons. The predicted octanol–water partition coefficient (Wildman–Crippen LogP) is 11.8. The van der Waals surface area contributed by atoms with Crippen LogP contribution >= 0.6 is 15.9 Å². The zero-order valence-electron chi connectivity index (χ0n) is 34.8. The minimum absolute atomic E-state index is 0.345. The lowest BCUT2D eigenvalue weighted by Gasteiger charge is -2.22. The maximum Gasteiger partial charge on any atom is 0.145 e. The SMILES string of the molecule is COc1cc(OC)c2c(-c3ccc(Br)cc3)c3[nH]c2c1Cc1oc2c(c(OC)cc(OC)c2c1C(C)(C)C)Cc1oc2c(c(OC)cc(OC)c2c1C(C)(C)C)C3. The first-order valence-electron chi connectivity index (χ1n) is 19.1. The second-order valence-corrected chi connectivity index (χ2v) is 17.7. The molecule has 0 fully saturated rings. The fourth-order valence-corrected chi connectivity index (χ4v) is 9.26. The van der Waals surface area contributed by atoms with Crippen LogP contribution in [0, 0.1) is 0 Å². The van der Waals surface area contributed by atoms with Gasteiger partial charge in [0.05, 0.1) is 64.3 Å². The first kappa shape index (κ1) is 38.6. The van der Waals surface area contributed by atoms with Gasteiger partial charge < -0.3 is 42.2 Å². The van der Waals surface area contributed by atoms with E-state index < -0.39 is 0 Å². The summed E-state index contributed by atoms with van der Waals surface area (Å²) >= 11 is 3.66. The number of H-pyrrole nitrogens is 1. The smallest absolute Gasteiger partial charge is 0.145 e. The van der Waals surface area contributed by atoms with Gasteiger partial charge in [-0.3, -0.25) is 0 Å². The third kappa shape index (κ3) is 6.10. The van der Waals surface area contributed by atoms with Crippen LogP contribution in [0.25, 0.3) is 44.0 Å². The van der Waals surface area contributed by atoms with Gasteiger partial charge in [-0.1, -0.05) is 69.6 Å². The summed E-state index contributed by atoms with van der Waals surface area (Å²) in [7, 11) is 10.1. The van der Waals surface area contributed by atoms with Crippen molar-refractivity contribution in [2.24, 2.45) is 0 Å². The fourth-order valence-electron chi connectivity index (χ4n) is 9.00. The van der Waals surface area contributed by atoms with Crippen LogP contribution in [0.4, 0.5) is 0 Å². The molecule has 0 spiro atoms. The summed E-state index contributed by atoms with van der Waals surface area (Å²) in [4.78, 5) is 3.92. The van der Waals surface area contributed by atoms with Crippen molar-refractivity contribution in [3.8, 4) is 45.6 Å². The van der Waals surface area contributed by atoms with E-state index in [1.807, 2.05) is 18.2 Å². The maximum atomic E-state index is 7.20. The summed E-state index contributed by atoms with van der Waals surface area (Å²) in [5.41, 5.74) is 9.35. The van der Waals surface area contributed by atoms with Crippen LogP contribution in [0.5, 0.6) is 34.5 Å². The lowest BCUT2D eigenvalue weighted by molar-refractivity contribution is 0.391. The van der Waals surface area contributed by atoms with Crippen molar-refractivity contribution in [3.05, 3.63) is 92.0 Å². The van der Waals surface area contributed by atoms with Gasteiger partial charge in [-0.15, -0.1) is 0 Å². The minimum Gasteiger partial charge on any atom is -0.496 e. The Morgan fingerprint density at radius 3 is 1.37 bits per heavy atom. The summed E-state index contributed by atoms with van der Waals surface area (Å²) in [5, 5.41) is 2.75. The molecule has 8 rings (SSSR count). The quantitative estimate of drug-likeness (QED) is 0.169. The highest BCUT2D eigenvalue weighted by Crippen LogP contribution is 2.52. The minimum atomic E-state index is -0.350. The van der Waals surface area contributed by atoms with Crippen LogP contribution in [0.15, 0.2) is 55.8 Å². The molecule has 57 heavy (non-hydrogen) atoms. The molecule has 0 unspecified atom stereocenters. The Balaban J connectivity index is 1.63. The number of nitrogens with one attached hydrogen (secondary N) is 1. The zero-order chi connectivity index (χ0) is 40.7. The molecule has 0 amide bonds. The van der Waals surface area contributed by atoms with Crippen LogP contribution in [0.3, 0.4) is 0 Å². The summed E-state index contributed by atoms with van der Waals surface area (Å²) < 4.78 is 52.4. The average molecular weight is 837 g/mol. The molecule has 1 aliphatic heterocycles. The number of benzene rings is 4. The Morgan fingerprint density at radius 1 is 0.526 bits per heavy atom. The van der Waals surface area contributed by atoms with Gasteiger partial charge in [-0.25, -0.2) is 0 Å². The third-order valence-corrected chi connectivity index (χ3v) is 11.8. The van der Waals surface area contributed by atoms with E-state index in [-0.39, 0.29) is 10.8 Å². The van der Waals surface area contributed by atoms with Gasteiger partial charge in [0.1, 0.15) is 57.2 Å². The van der Waals surface area contributed by atoms with Crippen molar-refractivity contribution in [1.29, 1.82) is 0 Å². The number of halogens is 1. The van der Waals surface area contributed by atoms with Crippen molar-refractivity contribution in [2.45, 2.75) is 71.6 Å².